The summed E-state index contributed by atoms with van der Waals surface area (Å²) in [5, 5.41) is 14.8. The number of hydrogen-bond donors (Lipinski definition) is 0. The molecule has 1 aromatic rings. The Morgan fingerprint density at radius 2 is 2.19 bits per heavy atom. The molecular weight excluding hydrogens is 264 g/mol. The highest BCUT2D eigenvalue weighted by atomic mass is 16.2. The SMILES string of the molecule is CC(C#N)CN(C)CC(=O)N1CCC(c2ccccc2)=N1. The summed E-state index contributed by atoms with van der Waals surface area (Å²) in [6.45, 7) is 3.36. The average molecular weight is 284 g/mol. The molecule has 5 nitrogen and oxygen atoms in total. The second-order valence-electron chi connectivity index (χ2n) is 5.41. The van der Waals surface area contributed by atoms with Gasteiger partial charge in [-0.25, -0.2) is 5.01 Å². The van der Waals surface area contributed by atoms with Crippen LogP contribution in [0.5, 0.6) is 0 Å². The molecule has 1 atom stereocenters. The molecule has 1 unspecified atom stereocenters. The van der Waals surface area contributed by atoms with Gasteiger partial charge in [-0.3, -0.25) is 9.69 Å². The van der Waals surface area contributed by atoms with Gasteiger partial charge in [-0.15, -0.1) is 0 Å². The molecule has 0 spiro atoms. The van der Waals surface area contributed by atoms with Crippen molar-refractivity contribution in [3.05, 3.63) is 35.9 Å². The van der Waals surface area contributed by atoms with E-state index in [1.54, 1.807) is 0 Å². The van der Waals surface area contributed by atoms with E-state index in [0.717, 1.165) is 17.7 Å². The molecule has 0 N–H and O–H groups in total. The van der Waals surface area contributed by atoms with Crippen molar-refractivity contribution < 1.29 is 4.79 Å². The van der Waals surface area contributed by atoms with Crippen LogP contribution >= 0.6 is 0 Å². The zero-order chi connectivity index (χ0) is 15.2. The van der Waals surface area contributed by atoms with Gasteiger partial charge < -0.3 is 0 Å². The minimum Gasteiger partial charge on any atom is -0.296 e. The van der Waals surface area contributed by atoms with Crippen LogP contribution in [-0.4, -0.2) is 48.2 Å². The van der Waals surface area contributed by atoms with E-state index in [4.69, 9.17) is 5.26 Å². The highest BCUT2D eigenvalue weighted by Gasteiger charge is 2.22. The monoisotopic (exact) mass is 284 g/mol. The predicted octanol–water partition coefficient (Wildman–Crippen LogP) is 1.71. The van der Waals surface area contributed by atoms with Crippen molar-refractivity contribution in [3.8, 4) is 6.07 Å². The Bertz CT molecular complexity index is 561. The molecule has 0 fully saturated rings. The number of benzene rings is 1. The zero-order valence-electron chi connectivity index (χ0n) is 12.5. The summed E-state index contributed by atoms with van der Waals surface area (Å²) < 4.78 is 0. The van der Waals surface area contributed by atoms with Crippen LogP contribution in [0.15, 0.2) is 35.4 Å². The lowest BCUT2D eigenvalue weighted by molar-refractivity contribution is -0.131. The third kappa shape index (κ3) is 4.14. The zero-order valence-corrected chi connectivity index (χ0v) is 12.5. The van der Waals surface area contributed by atoms with Crippen molar-refractivity contribution in [2.45, 2.75) is 13.3 Å². The lowest BCUT2D eigenvalue weighted by Gasteiger charge is -2.19. The number of nitrogens with zero attached hydrogens (tertiary/aromatic N) is 4. The second-order valence-corrected chi connectivity index (χ2v) is 5.41. The Morgan fingerprint density at radius 3 is 2.86 bits per heavy atom. The van der Waals surface area contributed by atoms with Crippen molar-refractivity contribution in [2.75, 3.05) is 26.7 Å². The molecule has 1 aliphatic rings. The topological polar surface area (TPSA) is 59.7 Å². The van der Waals surface area contributed by atoms with E-state index < -0.39 is 0 Å². The number of carbonyl (C=O) groups excluding carboxylic acids is 1. The second kappa shape index (κ2) is 7.00. The first-order chi connectivity index (χ1) is 10.1. The maximum absolute atomic E-state index is 12.2. The number of hydrogen-bond acceptors (Lipinski definition) is 4. The van der Waals surface area contributed by atoms with E-state index in [1.165, 1.54) is 5.01 Å². The normalized spacial score (nSPS) is 15.7. The molecule has 1 aliphatic heterocycles. The third-order valence-electron chi connectivity index (χ3n) is 3.41. The molecule has 110 valence electrons. The standard InChI is InChI=1S/C16H20N4O/c1-13(10-17)11-19(2)12-16(21)20-9-8-15(18-20)14-6-4-3-5-7-14/h3-7,13H,8-9,11-12H2,1-2H3. The Kier molecular flexibility index (Phi) is 5.07. The predicted molar refractivity (Wildman–Crippen MR) is 81.6 cm³/mol. The molecule has 0 bridgehead atoms. The van der Waals surface area contributed by atoms with Gasteiger partial charge in [0.05, 0.1) is 30.8 Å². The van der Waals surface area contributed by atoms with Gasteiger partial charge in [0.25, 0.3) is 5.91 Å². The number of likely N-dealkylation sites (N-methyl/N-ethyl adjacent to an activating group) is 1. The molecule has 21 heavy (non-hydrogen) atoms. The van der Waals surface area contributed by atoms with Gasteiger partial charge in [-0.2, -0.15) is 10.4 Å². The molecule has 0 aliphatic carbocycles. The van der Waals surface area contributed by atoms with Gasteiger partial charge in [0.15, 0.2) is 0 Å². The fourth-order valence-electron chi connectivity index (χ4n) is 2.36. The number of hydrazone groups is 1. The van der Waals surface area contributed by atoms with Crippen molar-refractivity contribution in [3.63, 3.8) is 0 Å². The maximum Gasteiger partial charge on any atom is 0.256 e. The smallest absolute Gasteiger partial charge is 0.256 e. The van der Waals surface area contributed by atoms with Gasteiger partial charge in [-0.1, -0.05) is 30.3 Å². The Labute approximate surface area is 125 Å². The molecule has 0 aromatic heterocycles. The molecule has 0 saturated carbocycles. The minimum atomic E-state index is -0.0789. The summed E-state index contributed by atoms with van der Waals surface area (Å²) in [6.07, 6.45) is 0.786. The fraction of sp³-hybridized carbons (Fsp3) is 0.438. The van der Waals surface area contributed by atoms with Gasteiger partial charge in [0.1, 0.15) is 0 Å². The van der Waals surface area contributed by atoms with E-state index in [-0.39, 0.29) is 18.4 Å². The van der Waals surface area contributed by atoms with Gasteiger partial charge in [0, 0.05) is 13.0 Å². The van der Waals surface area contributed by atoms with Crippen LogP contribution in [0.2, 0.25) is 0 Å². The highest BCUT2D eigenvalue weighted by molar-refractivity contribution is 6.02. The van der Waals surface area contributed by atoms with Crippen LogP contribution in [0, 0.1) is 17.2 Å². The Hall–Kier alpha value is -2.19. The molecule has 1 aromatic carbocycles. The van der Waals surface area contributed by atoms with Crippen molar-refractivity contribution in [2.24, 2.45) is 11.0 Å². The van der Waals surface area contributed by atoms with E-state index in [0.29, 0.717) is 13.1 Å². The Balaban J connectivity index is 1.93. The first kappa shape index (κ1) is 15.2. The van der Waals surface area contributed by atoms with Gasteiger partial charge in [-0.05, 0) is 19.5 Å². The van der Waals surface area contributed by atoms with Crippen molar-refractivity contribution >= 4 is 11.6 Å². The van der Waals surface area contributed by atoms with Gasteiger partial charge >= 0.3 is 0 Å². The summed E-state index contributed by atoms with van der Waals surface area (Å²) in [6, 6.07) is 12.1. The van der Waals surface area contributed by atoms with E-state index >= 15 is 0 Å². The lowest BCUT2D eigenvalue weighted by Crippen LogP contribution is -2.36. The number of carbonyl (C=O) groups is 1. The first-order valence-electron chi connectivity index (χ1n) is 7.11. The summed E-state index contributed by atoms with van der Waals surface area (Å²) >= 11 is 0. The van der Waals surface area contributed by atoms with Crippen LogP contribution in [-0.2, 0) is 4.79 Å². The average Bonchev–Trinajstić information content (AvgIpc) is 2.97. The minimum absolute atomic E-state index is 0.0198. The van der Waals surface area contributed by atoms with Crippen LogP contribution in [0.25, 0.3) is 0 Å². The van der Waals surface area contributed by atoms with E-state index in [1.807, 2.05) is 49.2 Å². The molecule has 0 radical (unpaired) electrons. The maximum atomic E-state index is 12.2. The number of amides is 1. The fourth-order valence-corrected chi connectivity index (χ4v) is 2.36. The van der Waals surface area contributed by atoms with Crippen LogP contribution in [0.1, 0.15) is 18.9 Å². The highest BCUT2D eigenvalue weighted by Crippen LogP contribution is 2.14. The van der Waals surface area contributed by atoms with E-state index in [2.05, 4.69) is 11.2 Å². The first-order valence-corrected chi connectivity index (χ1v) is 7.11. The summed E-state index contributed by atoms with van der Waals surface area (Å²) in [5.41, 5.74) is 2.02. The summed E-state index contributed by atoms with van der Waals surface area (Å²) in [5.74, 6) is -0.0988. The molecule has 5 heteroatoms. The largest absolute Gasteiger partial charge is 0.296 e. The third-order valence-corrected chi connectivity index (χ3v) is 3.41. The van der Waals surface area contributed by atoms with Gasteiger partial charge in [0.2, 0.25) is 0 Å². The van der Waals surface area contributed by atoms with Crippen molar-refractivity contribution in [1.82, 2.24) is 9.91 Å². The van der Waals surface area contributed by atoms with Crippen LogP contribution in [0.4, 0.5) is 0 Å². The van der Waals surface area contributed by atoms with Crippen LogP contribution in [0.3, 0.4) is 0 Å². The molecular formula is C16H20N4O. The van der Waals surface area contributed by atoms with E-state index in [9.17, 15) is 4.79 Å². The molecule has 2 rings (SSSR count). The summed E-state index contributed by atoms with van der Waals surface area (Å²) in [7, 11) is 1.85. The number of nitriles is 1. The molecule has 1 heterocycles. The van der Waals surface area contributed by atoms with Crippen molar-refractivity contribution in [1.29, 1.82) is 5.26 Å². The van der Waals surface area contributed by atoms with Crippen LogP contribution < -0.4 is 0 Å². The number of rotatable bonds is 5. The lowest BCUT2D eigenvalue weighted by atomic mass is 10.1. The quantitative estimate of drug-likeness (QED) is 0.827. The summed E-state index contributed by atoms with van der Waals surface area (Å²) in [4.78, 5) is 14.1. The Morgan fingerprint density at radius 1 is 1.48 bits per heavy atom. The molecule has 1 amide bonds. The molecule has 0 saturated heterocycles.